The molecule has 0 radical (unpaired) electrons. The molecule has 2 rings (SSSR count). The van der Waals surface area contributed by atoms with Gasteiger partial charge in [0, 0.05) is 11.6 Å². The Labute approximate surface area is 118 Å². The molecule has 4 heteroatoms. The molecular formula is C16H18FNO2. The van der Waals surface area contributed by atoms with Gasteiger partial charge in [0.15, 0.2) is 0 Å². The van der Waals surface area contributed by atoms with E-state index in [1.165, 1.54) is 6.07 Å². The lowest BCUT2D eigenvalue weighted by atomic mass is 10.1. The summed E-state index contributed by atoms with van der Waals surface area (Å²) in [5.41, 5.74) is 1.24. The molecule has 0 heterocycles. The summed E-state index contributed by atoms with van der Waals surface area (Å²) in [6.45, 7) is 1.82. The zero-order valence-electron chi connectivity index (χ0n) is 11.6. The molecule has 2 aromatic carbocycles. The fraction of sp³-hybridized carbons (Fsp3) is 0.250. The summed E-state index contributed by atoms with van der Waals surface area (Å²) in [5.74, 6) is 0.747. The van der Waals surface area contributed by atoms with Gasteiger partial charge >= 0.3 is 0 Å². The lowest BCUT2D eigenvalue weighted by molar-refractivity contribution is 0.281. The number of aliphatic hydroxyl groups excluding tert-OH is 1. The van der Waals surface area contributed by atoms with E-state index in [2.05, 4.69) is 5.32 Å². The Morgan fingerprint density at radius 1 is 1.25 bits per heavy atom. The molecule has 0 aliphatic heterocycles. The Hall–Kier alpha value is -1.91. The predicted octanol–water partition coefficient (Wildman–Crippen LogP) is 3.39. The third-order valence-electron chi connectivity index (χ3n) is 3.19. The molecule has 0 saturated carbocycles. The first kappa shape index (κ1) is 14.5. The lowest BCUT2D eigenvalue weighted by Gasteiger charge is -2.17. The molecule has 1 unspecified atom stereocenters. The smallest absolute Gasteiger partial charge is 0.135 e. The van der Waals surface area contributed by atoms with Gasteiger partial charge in [-0.2, -0.15) is 0 Å². The van der Waals surface area contributed by atoms with Gasteiger partial charge in [-0.25, -0.2) is 4.39 Å². The molecule has 0 amide bonds. The third-order valence-corrected chi connectivity index (χ3v) is 3.19. The van der Waals surface area contributed by atoms with Crippen molar-refractivity contribution < 1.29 is 14.2 Å². The minimum Gasteiger partial charge on any atom is -0.457 e. The molecule has 0 spiro atoms. The standard InChI is InChI=1S/C16H18FNO2/c1-11(18-2)16-14(17)7-4-8-15(16)20-13-6-3-5-12(9-13)10-19/h3-9,11,18-19H,10H2,1-2H3. The fourth-order valence-corrected chi connectivity index (χ4v) is 2.01. The lowest BCUT2D eigenvalue weighted by Crippen LogP contribution is -2.14. The number of halogens is 1. The first-order valence-electron chi connectivity index (χ1n) is 6.49. The van der Waals surface area contributed by atoms with Crippen molar-refractivity contribution >= 4 is 0 Å². The molecule has 0 aliphatic rings. The highest BCUT2D eigenvalue weighted by molar-refractivity contribution is 5.41. The Morgan fingerprint density at radius 2 is 2.00 bits per heavy atom. The Bertz CT molecular complexity index is 586. The van der Waals surface area contributed by atoms with Crippen LogP contribution < -0.4 is 10.1 Å². The molecule has 2 aromatic rings. The molecule has 106 valence electrons. The summed E-state index contributed by atoms with van der Waals surface area (Å²) in [5, 5.41) is 12.1. The van der Waals surface area contributed by atoms with E-state index in [4.69, 9.17) is 9.84 Å². The summed E-state index contributed by atoms with van der Waals surface area (Å²) < 4.78 is 19.7. The molecule has 0 saturated heterocycles. The van der Waals surface area contributed by atoms with Gasteiger partial charge in [-0.15, -0.1) is 0 Å². The van der Waals surface area contributed by atoms with Crippen LogP contribution in [-0.2, 0) is 6.61 Å². The van der Waals surface area contributed by atoms with Crippen molar-refractivity contribution in [3.05, 3.63) is 59.4 Å². The molecule has 0 aliphatic carbocycles. The fourth-order valence-electron chi connectivity index (χ4n) is 2.01. The van der Waals surface area contributed by atoms with Gasteiger partial charge in [-0.05, 0) is 43.8 Å². The maximum absolute atomic E-state index is 14.0. The van der Waals surface area contributed by atoms with Crippen LogP contribution in [0.2, 0.25) is 0 Å². The highest BCUT2D eigenvalue weighted by Crippen LogP contribution is 2.31. The van der Waals surface area contributed by atoms with Gasteiger partial charge in [-0.3, -0.25) is 0 Å². The summed E-state index contributed by atoms with van der Waals surface area (Å²) in [4.78, 5) is 0. The topological polar surface area (TPSA) is 41.5 Å². The summed E-state index contributed by atoms with van der Waals surface area (Å²) >= 11 is 0. The zero-order valence-corrected chi connectivity index (χ0v) is 11.6. The third kappa shape index (κ3) is 3.15. The average Bonchev–Trinajstić information content (AvgIpc) is 2.47. The number of ether oxygens (including phenoxy) is 1. The van der Waals surface area contributed by atoms with E-state index in [0.717, 1.165) is 5.56 Å². The largest absolute Gasteiger partial charge is 0.457 e. The average molecular weight is 275 g/mol. The van der Waals surface area contributed by atoms with Crippen molar-refractivity contribution in [3.63, 3.8) is 0 Å². The van der Waals surface area contributed by atoms with E-state index >= 15 is 0 Å². The number of benzene rings is 2. The number of hydrogen-bond donors (Lipinski definition) is 2. The molecule has 0 fully saturated rings. The minimum absolute atomic E-state index is 0.0554. The maximum atomic E-state index is 14.0. The predicted molar refractivity (Wildman–Crippen MR) is 76.3 cm³/mol. The Morgan fingerprint density at radius 3 is 2.70 bits per heavy atom. The van der Waals surface area contributed by atoms with Crippen LogP contribution >= 0.6 is 0 Å². The van der Waals surface area contributed by atoms with Crippen molar-refractivity contribution in [2.24, 2.45) is 0 Å². The number of nitrogens with one attached hydrogen (secondary N) is 1. The molecule has 0 bridgehead atoms. The first-order valence-corrected chi connectivity index (χ1v) is 6.49. The number of rotatable bonds is 5. The van der Waals surface area contributed by atoms with Crippen LogP contribution in [0.5, 0.6) is 11.5 Å². The van der Waals surface area contributed by atoms with E-state index in [1.807, 2.05) is 6.92 Å². The summed E-state index contributed by atoms with van der Waals surface area (Å²) in [7, 11) is 1.77. The van der Waals surface area contributed by atoms with Crippen LogP contribution in [0.4, 0.5) is 4.39 Å². The first-order chi connectivity index (χ1) is 9.65. The molecule has 0 aromatic heterocycles. The molecular weight excluding hydrogens is 257 g/mol. The number of hydrogen-bond acceptors (Lipinski definition) is 3. The van der Waals surface area contributed by atoms with E-state index in [9.17, 15) is 4.39 Å². The van der Waals surface area contributed by atoms with Crippen molar-refractivity contribution in [1.82, 2.24) is 5.32 Å². The minimum atomic E-state index is -0.303. The highest BCUT2D eigenvalue weighted by atomic mass is 19.1. The second-order valence-corrected chi connectivity index (χ2v) is 4.57. The van der Waals surface area contributed by atoms with Crippen LogP contribution in [0.25, 0.3) is 0 Å². The number of aliphatic hydroxyl groups is 1. The van der Waals surface area contributed by atoms with E-state index in [1.54, 1.807) is 43.4 Å². The maximum Gasteiger partial charge on any atom is 0.135 e. The van der Waals surface area contributed by atoms with Crippen LogP contribution in [-0.4, -0.2) is 12.2 Å². The van der Waals surface area contributed by atoms with Crippen molar-refractivity contribution in [1.29, 1.82) is 0 Å². The Balaban J connectivity index is 2.35. The van der Waals surface area contributed by atoms with Gasteiger partial charge in [0.25, 0.3) is 0 Å². The van der Waals surface area contributed by atoms with Crippen molar-refractivity contribution in [2.45, 2.75) is 19.6 Å². The second-order valence-electron chi connectivity index (χ2n) is 4.57. The van der Waals surface area contributed by atoms with Crippen LogP contribution in [0.15, 0.2) is 42.5 Å². The zero-order chi connectivity index (χ0) is 14.5. The van der Waals surface area contributed by atoms with Gasteiger partial charge in [0.1, 0.15) is 17.3 Å². The van der Waals surface area contributed by atoms with E-state index in [0.29, 0.717) is 17.1 Å². The molecule has 1 atom stereocenters. The van der Waals surface area contributed by atoms with Crippen LogP contribution in [0.3, 0.4) is 0 Å². The second kappa shape index (κ2) is 6.50. The quantitative estimate of drug-likeness (QED) is 0.879. The SMILES string of the molecule is CNC(C)c1c(F)cccc1Oc1cccc(CO)c1. The summed E-state index contributed by atoms with van der Waals surface area (Å²) in [6.07, 6.45) is 0. The Kier molecular flexibility index (Phi) is 4.71. The van der Waals surface area contributed by atoms with Crippen LogP contribution in [0.1, 0.15) is 24.1 Å². The summed E-state index contributed by atoms with van der Waals surface area (Å²) in [6, 6.07) is 11.7. The monoisotopic (exact) mass is 275 g/mol. The van der Waals surface area contributed by atoms with Gasteiger partial charge in [0.05, 0.1) is 6.61 Å². The molecule has 3 nitrogen and oxygen atoms in total. The van der Waals surface area contributed by atoms with E-state index in [-0.39, 0.29) is 18.5 Å². The molecule has 20 heavy (non-hydrogen) atoms. The normalized spacial score (nSPS) is 12.2. The van der Waals surface area contributed by atoms with Gasteiger partial charge < -0.3 is 15.2 Å². The molecule has 2 N–H and O–H groups in total. The van der Waals surface area contributed by atoms with E-state index < -0.39 is 0 Å². The van der Waals surface area contributed by atoms with Crippen molar-refractivity contribution in [3.8, 4) is 11.5 Å². The van der Waals surface area contributed by atoms with Crippen molar-refractivity contribution in [2.75, 3.05) is 7.05 Å². The van der Waals surface area contributed by atoms with Gasteiger partial charge in [0.2, 0.25) is 0 Å². The highest BCUT2D eigenvalue weighted by Gasteiger charge is 2.16. The van der Waals surface area contributed by atoms with Crippen LogP contribution in [0, 0.1) is 5.82 Å². The van der Waals surface area contributed by atoms with Gasteiger partial charge in [-0.1, -0.05) is 18.2 Å².